The van der Waals surface area contributed by atoms with Gasteiger partial charge in [0.15, 0.2) is 0 Å². The van der Waals surface area contributed by atoms with Crippen molar-refractivity contribution < 1.29 is 4.79 Å². The Morgan fingerprint density at radius 2 is 2.21 bits per heavy atom. The molecule has 1 aromatic rings. The first kappa shape index (κ1) is 10.2. The number of amides is 1. The topological polar surface area (TPSA) is 20.3 Å². The highest BCUT2D eigenvalue weighted by Gasteiger charge is 2.23. The van der Waals surface area contributed by atoms with Gasteiger partial charge < -0.3 is 4.90 Å². The molecule has 2 rings (SSSR count). The van der Waals surface area contributed by atoms with Gasteiger partial charge in [0.05, 0.1) is 5.69 Å². The molecule has 1 fully saturated rings. The number of hydrogen-bond acceptors (Lipinski definition) is 1. The van der Waals surface area contributed by atoms with E-state index in [9.17, 15) is 4.79 Å². The van der Waals surface area contributed by atoms with Crippen LogP contribution in [0.5, 0.6) is 0 Å². The average molecular weight is 322 g/mol. The van der Waals surface area contributed by atoms with Crippen LogP contribution in [0.3, 0.4) is 0 Å². The Bertz CT molecular complexity index is 380. The number of hydrogen-bond donors (Lipinski definition) is 0. The highest BCUT2D eigenvalue weighted by atomic mass is 127. The number of benzene rings is 1. The maximum Gasteiger partial charge on any atom is 0.227 e. The van der Waals surface area contributed by atoms with Crippen LogP contribution in [-0.2, 0) is 4.79 Å². The average Bonchev–Trinajstić information content (AvgIpc) is 2.56. The van der Waals surface area contributed by atoms with E-state index in [4.69, 9.17) is 11.6 Å². The van der Waals surface area contributed by atoms with E-state index in [1.807, 2.05) is 23.1 Å². The first-order chi connectivity index (χ1) is 6.68. The Balaban J connectivity index is 2.39. The standard InChI is InChI=1S/C10H9ClINO/c11-7-3-4-8(12)9(6-7)13-5-1-2-10(13)14/h3-4,6H,1-2,5H2. The van der Waals surface area contributed by atoms with E-state index in [1.165, 1.54) is 0 Å². The minimum atomic E-state index is 0.199. The van der Waals surface area contributed by atoms with Crippen LogP contribution in [0.15, 0.2) is 18.2 Å². The summed E-state index contributed by atoms with van der Waals surface area (Å²) in [6.07, 6.45) is 1.60. The molecule has 1 aromatic carbocycles. The van der Waals surface area contributed by atoms with Gasteiger partial charge in [-0.05, 0) is 47.2 Å². The van der Waals surface area contributed by atoms with Crippen LogP contribution in [-0.4, -0.2) is 12.5 Å². The van der Waals surface area contributed by atoms with Crippen LogP contribution in [0.1, 0.15) is 12.8 Å². The van der Waals surface area contributed by atoms with Gasteiger partial charge in [0.1, 0.15) is 0 Å². The van der Waals surface area contributed by atoms with E-state index in [0.717, 1.165) is 22.2 Å². The summed E-state index contributed by atoms with van der Waals surface area (Å²) in [4.78, 5) is 13.3. The molecule has 0 saturated carbocycles. The summed E-state index contributed by atoms with van der Waals surface area (Å²) in [7, 11) is 0. The zero-order valence-corrected chi connectivity index (χ0v) is 10.4. The molecule has 0 radical (unpaired) electrons. The van der Waals surface area contributed by atoms with Crippen LogP contribution in [0, 0.1) is 3.57 Å². The molecule has 0 N–H and O–H groups in total. The third-order valence-corrected chi connectivity index (χ3v) is 3.42. The molecule has 1 aliphatic rings. The third-order valence-electron chi connectivity index (χ3n) is 2.27. The van der Waals surface area contributed by atoms with Gasteiger partial charge in [-0.1, -0.05) is 11.6 Å². The van der Waals surface area contributed by atoms with Crippen molar-refractivity contribution in [2.75, 3.05) is 11.4 Å². The van der Waals surface area contributed by atoms with Gasteiger partial charge in [-0.3, -0.25) is 4.79 Å². The second-order valence-electron chi connectivity index (χ2n) is 3.24. The van der Waals surface area contributed by atoms with Crippen LogP contribution in [0.25, 0.3) is 0 Å². The fraction of sp³-hybridized carbons (Fsp3) is 0.300. The predicted octanol–water partition coefficient (Wildman–Crippen LogP) is 3.07. The summed E-state index contributed by atoms with van der Waals surface area (Å²) in [5, 5.41) is 0.681. The van der Waals surface area contributed by atoms with E-state index in [1.54, 1.807) is 0 Å². The largest absolute Gasteiger partial charge is 0.311 e. The Hall–Kier alpha value is -0.290. The van der Waals surface area contributed by atoms with Crippen molar-refractivity contribution in [3.63, 3.8) is 0 Å². The maximum absolute atomic E-state index is 11.5. The highest BCUT2D eigenvalue weighted by molar-refractivity contribution is 14.1. The summed E-state index contributed by atoms with van der Waals surface area (Å²) in [6.45, 7) is 0.815. The van der Waals surface area contributed by atoms with Crippen molar-refractivity contribution in [1.29, 1.82) is 0 Å². The van der Waals surface area contributed by atoms with Gasteiger partial charge in [-0.25, -0.2) is 0 Å². The highest BCUT2D eigenvalue weighted by Crippen LogP contribution is 2.29. The van der Waals surface area contributed by atoms with E-state index < -0.39 is 0 Å². The minimum absolute atomic E-state index is 0.199. The molecule has 0 aliphatic carbocycles. The van der Waals surface area contributed by atoms with Crippen LogP contribution in [0.2, 0.25) is 5.02 Å². The van der Waals surface area contributed by atoms with Crippen molar-refractivity contribution in [3.05, 3.63) is 26.8 Å². The molecule has 1 amide bonds. The van der Waals surface area contributed by atoms with E-state index in [-0.39, 0.29) is 5.91 Å². The normalized spacial score (nSPS) is 16.4. The molecule has 1 saturated heterocycles. The Labute approximate surface area is 101 Å². The second kappa shape index (κ2) is 4.06. The summed E-state index contributed by atoms with van der Waals surface area (Å²) >= 11 is 8.13. The van der Waals surface area contributed by atoms with Gasteiger partial charge >= 0.3 is 0 Å². The van der Waals surface area contributed by atoms with Crippen LogP contribution < -0.4 is 4.90 Å². The Kier molecular flexibility index (Phi) is 2.97. The van der Waals surface area contributed by atoms with Crippen molar-refractivity contribution >= 4 is 45.8 Å². The molecule has 1 aliphatic heterocycles. The van der Waals surface area contributed by atoms with Gasteiger partial charge in [0.25, 0.3) is 0 Å². The maximum atomic E-state index is 11.5. The number of rotatable bonds is 1. The third kappa shape index (κ3) is 1.88. The van der Waals surface area contributed by atoms with Crippen molar-refractivity contribution in [1.82, 2.24) is 0 Å². The molecular formula is C10H9ClINO. The molecule has 0 atom stereocenters. The molecule has 14 heavy (non-hydrogen) atoms. The Morgan fingerprint density at radius 3 is 2.86 bits per heavy atom. The molecule has 0 aromatic heterocycles. The number of anilines is 1. The smallest absolute Gasteiger partial charge is 0.227 e. The van der Waals surface area contributed by atoms with Gasteiger partial charge in [-0.2, -0.15) is 0 Å². The number of carbonyl (C=O) groups excluding carboxylic acids is 1. The number of halogens is 2. The molecular weight excluding hydrogens is 312 g/mol. The van der Waals surface area contributed by atoms with E-state index in [2.05, 4.69) is 22.6 Å². The van der Waals surface area contributed by atoms with Crippen LogP contribution >= 0.6 is 34.2 Å². The first-order valence-electron chi connectivity index (χ1n) is 4.44. The zero-order chi connectivity index (χ0) is 10.1. The lowest BCUT2D eigenvalue weighted by Gasteiger charge is -2.17. The fourth-order valence-electron chi connectivity index (χ4n) is 1.60. The molecule has 1 heterocycles. The fourth-order valence-corrected chi connectivity index (χ4v) is 2.39. The number of carbonyl (C=O) groups is 1. The molecule has 0 bridgehead atoms. The molecule has 0 unspecified atom stereocenters. The summed E-state index contributed by atoms with van der Waals surface area (Å²) in [6, 6.07) is 5.63. The summed E-state index contributed by atoms with van der Waals surface area (Å²) in [5.41, 5.74) is 0.945. The molecule has 74 valence electrons. The summed E-state index contributed by atoms with van der Waals surface area (Å²) < 4.78 is 1.07. The monoisotopic (exact) mass is 321 g/mol. The Morgan fingerprint density at radius 1 is 1.43 bits per heavy atom. The van der Waals surface area contributed by atoms with Gasteiger partial charge in [-0.15, -0.1) is 0 Å². The molecule has 2 nitrogen and oxygen atoms in total. The van der Waals surface area contributed by atoms with Gasteiger partial charge in [0.2, 0.25) is 5.91 Å². The van der Waals surface area contributed by atoms with Gasteiger partial charge in [0, 0.05) is 21.6 Å². The SMILES string of the molecule is O=C1CCCN1c1cc(Cl)ccc1I. The van der Waals surface area contributed by atoms with E-state index >= 15 is 0 Å². The lowest BCUT2D eigenvalue weighted by Crippen LogP contribution is -2.24. The second-order valence-corrected chi connectivity index (χ2v) is 4.84. The lowest BCUT2D eigenvalue weighted by atomic mass is 10.3. The molecule has 0 spiro atoms. The lowest BCUT2D eigenvalue weighted by molar-refractivity contribution is -0.117. The summed E-state index contributed by atoms with van der Waals surface area (Å²) in [5.74, 6) is 0.199. The zero-order valence-electron chi connectivity index (χ0n) is 7.46. The van der Waals surface area contributed by atoms with Crippen molar-refractivity contribution in [2.45, 2.75) is 12.8 Å². The van der Waals surface area contributed by atoms with E-state index in [0.29, 0.717) is 11.4 Å². The van der Waals surface area contributed by atoms with Crippen LogP contribution in [0.4, 0.5) is 5.69 Å². The quantitative estimate of drug-likeness (QED) is 0.728. The first-order valence-corrected chi connectivity index (χ1v) is 5.89. The van der Waals surface area contributed by atoms with Crippen molar-refractivity contribution in [2.24, 2.45) is 0 Å². The molecule has 4 heteroatoms. The van der Waals surface area contributed by atoms with Crippen molar-refractivity contribution in [3.8, 4) is 0 Å². The number of nitrogens with zero attached hydrogens (tertiary/aromatic N) is 1. The minimum Gasteiger partial charge on any atom is -0.311 e. The predicted molar refractivity (Wildman–Crippen MR) is 65.8 cm³/mol.